The summed E-state index contributed by atoms with van der Waals surface area (Å²) in [6, 6.07) is 13.2. The summed E-state index contributed by atoms with van der Waals surface area (Å²) in [6.07, 6.45) is 3.82. The Morgan fingerprint density at radius 2 is 2.00 bits per heavy atom. The van der Waals surface area contributed by atoms with Crippen LogP contribution in [0, 0.1) is 0 Å². The van der Waals surface area contributed by atoms with Crippen molar-refractivity contribution in [3.63, 3.8) is 0 Å². The van der Waals surface area contributed by atoms with Gasteiger partial charge < -0.3 is 4.98 Å². The number of H-pyrrole nitrogens is 2. The summed E-state index contributed by atoms with van der Waals surface area (Å²) in [5, 5.41) is 7.76. The molecule has 1 aliphatic rings. The van der Waals surface area contributed by atoms with Crippen molar-refractivity contribution < 1.29 is 0 Å². The Kier molecular flexibility index (Phi) is 4.41. The molecular weight excluding hydrogens is 322 g/mol. The zero-order valence-corrected chi connectivity index (χ0v) is 15.8. The predicted molar refractivity (Wildman–Crippen MR) is 103 cm³/mol. The van der Waals surface area contributed by atoms with Gasteiger partial charge in [-0.3, -0.25) is 10.00 Å². The third-order valence-corrected chi connectivity index (χ3v) is 5.20. The fourth-order valence-electron chi connectivity index (χ4n) is 3.70. The molecule has 1 atom stereocenters. The third-order valence-electron chi connectivity index (χ3n) is 5.20. The lowest BCUT2D eigenvalue weighted by Gasteiger charge is -2.34. The molecule has 3 heterocycles. The van der Waals surface area contributed by atoms with Crippen LogP contribution in [0.5, 0.6) is 0 Å². The van der Waals surface area contributed by atoms with Gasteiger partial charge in [-0.1, -0.05) is 51.1 Å². The summed E-state index contributed by atoms with van der Waals surface area (Å²) in [7, 11) is 0. The lowest BCUT2D eigenvalue weighted by Crippen LogP contribution is -2.36. The first kappa shape index (κ1) is 17.0. The molecule has 0 spiro atoms. The van der Waals surface area contributed by atoms with Gasteiger partial charge in [0.25, 0.3) is 0 Å². The number of fused-ring (bicyclic) bond motifs is 1. The fourth-order valence-corrected chi connectivity index (χ4v) is 3.70. The van der Waals surface area contributed by atoms with E-state index in [0.717, 1.165) is 31.6 Å². The smallest absolute Gasteiger partial charge is 0.0925 e. The molecule has 5 heteroatoms. The van der Waals surface area contributed by atoms with E-state index >= 15 is 0 Å². The first-order valence-electron chi connectivity index (χ1n) is 9.35. The summed E-state index contributed by atoms with van der Waals surface area (Å²) in [4.78, 5) is 10.5. The van der Waals surface area contributed by atoms with Crippen LogP contribution in [0.2, 0.25) is 0 Å². The van der Waals surface area contributed by atoms with Gasteiger partial charge in [-0.05, 0) is 18.1 Å². The Morgan fingerprint density at radius 3 is 2.73 bits per heavy atom. The number of hydrogen-bond donors (Lipinski definition) is 2. The van der Waals surface area contributed by atoms with Crippen LogP contribution in [0.1, 0.15) is 55.2 Å². The minimum atomic E-state index is 0.0649. The summed E-state index contributed by atoms with van der Waals surface area (Å²) in [5.41, 5.74) is 6.17. The Hall–Kier alpha value is -2.40. The van der Waals surface area contributed by atoms with Crippen molar-refractivity contribution >= 4 is 0 Å². The van der Waals surface area contributed by atoms with E-state index in [1.807, 2.05) is 6.33 Å². The van der Waals surface area contributed by atoms with Gasteiger partial charge in [-0.2, -0.15) is 5.10 Å². The van der Waals surface area contributed by atoms with Gasteiger partial charge in [0.2, 0.25) is 0 Å². The number of rotatable bonds is 4. The molecule has 0 amide bonds. The molecule has 0 radical (unpaired) electrons. The average Bonchev–Trinajstić information content (AvgIpc) is 3.27. The van der Waals surface area contributed by atoms with Crippen LogP contribution >= 0.6 is 0 Å². The first-order chi connectivity index (χ1) is 12.5. The molecular formula is C21H27N5. The number of hydrogen-bond acceptors (Lipinski definition) is 3. The highest BCUT2D eigenvalue weighted by molar-refractivity contribution is 5.25. The standard InChI is InChI=1S/C21H27N5/c1-21(2,3)19-12-16(24-25-19)13-26-10-9-17-20(23-14-22-17)18(26)11-15-7-5-4-6-8-15/h4-8,12,14,18H,9-11,13H2,1-3H3,(H,22,23)(H,24,25)/t18-/m1/s1. The second-order valence-electron chi connectivity index (χ2n) is 8.22. The van der Waals surface area contributed by atoms with Crippen LogP contribution in [0.15, 0.2) is 42.7 Å². The summed E-state index contributed by atoms with van der Waals surface area (Å²) >= 11 is 0. The molecule has 2 aromatic heterocycles. The number of imidazole rings is 1. The molecule has 2 N–H and O–H groups in total. The molecule has 3 aromatic rings. The van der Waals surface area contributed by atoms with E-state index in [-0.39, 0.29) is 11.5 Å². The average molecular weight is 349 g/mol. The van der Waals surface area contributed by atoms with Crippen molar-refractivity contribution in [3.05, 3.63) is 71.1 Å². The largest absolute Gasteiger partial charge is 0.348 e. The maximum atomic E-state index is 4.65. The van der Waals surface area contributed by atoms with Crippen LogP contribution in [0.4, 0.5) is 0 Å². The molecule has 0 unspecified atom stereocenters. The Morgan fingerprint density at radius 1 is 1.19 bits per heavy atom. The van der Waals surface area contributed by atoms with Crippen molar-refractivity contribution in [2.75, 3.05) is 6.54 Å². The Bertz CT molecular complexity index is 856. The lowest BCUT2D eigenvalue weighted by molar-refractivity contribution is 0.168. The molecule has 0 aliphatic carbocycles. The van der Waals surface area contributed by atoms with Crippen LogP contribution in [-0.4, -0.2) is 31.6 Å². The minimum Gasteiger partial charge on any atom is -0.348 e. The highest BCUT2D eigenvalue weighted by atomic mass is 15.2. The van der Waals surface area contributed by atoms with Gasteiger partial charge in [0.05, 0.1) is 23.8 Å². The molecule has 0 bridgehead atoms. The van der Waals surface area contributed by atoms with Crippen molar-refractivity contribution in [1.82, 2.24) is 25.1 Å². The molecule has 1 aliphatic heterocycles. The van der Waals surface area contributed by atoms with Gasteiger partial charge in [0.1, 0.15) is 0 Å². The maximum Gasteiger partial charge on any atom is 0.0925 e. The minimum absolute atomic E-state index is 0.0649. The van der Waals surface area contributed by atoms with Gasteiger partial charge >= 0.3 is 0 Å². The quantitative estimate of drug-likeness (QED) is 0.754. The number of nitrogens with zero attached hydrogens (tertiary/aromatic N) is 3. The van der Waals surface area contributed by atoms with Gasteiger partial charge in [-0.15, -0.1) is 0 Å². The van der Waals surface area contributed by atoms with Crippen LogP contribution in [-0.2, 0) is 24.8 Å². The van der Waals surface area contributed by atoms with Crippen molar-refractivity contribution in [3.8, 4) is 0 Å². The van der Waals surface area contributed by atoms with Crippen LogP contribution in [0.3, 0.4) is 0 Å². The van der Waals surface area contributed by atoms with E-state index in [1.165, 1.54) is 22.6 Å². The van der Waals surface area contributed by atoms with Crippen molar-refractivity contribution in [2.45, 2.75) is 51.6 Å². The SMILES string of the molecule is CC(C)(C)c1cc(CN2CCc3[nH]cnc3[C@H]2Cc2ccccc2)[nH]n1. The van der Waals surface area contributed by atoms with Crippen LogP contribution < -0.4 is 0 Å². The molecule has 5 nitrogen and oxygen atoms in total. The number of aromatic amines is 2. The first-order valence-corrected chi connectivity index (χ1v) is 9.35. The number of nitrogens with one attached hydrogen (secondary N) is 2. The fraction of sp³-hybridized carbons (Fsp3) is 0.429. The highest BCUT2D eigenvalue weighted by Crippen LogP contribution is 2.32. The van der Waals surface area contributed by atoms with Gasteiger partial charge in [0, 0.05) is 36.3 Å². The molecule has 1 aromatic carbocycles. The summed E-state index contributed by atoms with van der Waals surface area (Å²) in [5.74, 6) is 0. The molecule has 4 rings (SSSR count). The molecule has 0 saturated heterocycles. The zero-order chi connectivity index (χ0) is 18.1. The van der Waals surface area contributed by atoms with E-state index in [0.29, 0.717) is 0 Å². The number of benzene rings is 1. The zero-order valence-electron chi connectivity index (χ0n) is 15.8. The molecule has 136 valence electrons. The maximum absolute atomic E-state index is 4.65. The molecule has 0 saturated carbocycles. The normalized spacial score (nSPS) is 18.0. The predicted octanol–water partition coefficient (Wildman–Crippen LogP) is 3.77. The summed E-state index contributed by atoms with van der Waals surface area (Å²) < 4.78 is 0. The van der Waals surface area contributed by atoms with Gasteiger partial charge in [0.15, 0.2) is 0 Å². The summed E-state index contributed by atoms with van der Waals surface area (Å²) in [6.45, 7) is 8.48. The van der Waals surface area contributed by atoms with Crippen molar-refractivity contribution in [2.24, 2.45) is 0 Å². The topological polar surface area (TPSA) is 60.6 Å². The second kappa shape index (κ2) is 6.72. The molecule has 0 fully saturated rings. The monoisotopic (exact) mass is 349 g/mol. The van der Waals surface area contributed by atoms with E-state index in [4.69, 9.17) is 0 Å². The van der Waals surface area contributed by atoms with E-state index in [1.54, 1.807) is 0 Å². The van der Waals surface area contributed by atoms with Gasteiger partial charge in [-0.25, -0.2) is 4.98 Å². The van der Waals surface area contributed by atoms with E-state index in [9.17, 15) is 0 Å². The Labute approximate surface area is 154 Å². The lowest BCUT2D eigenvalue weighted by atomic mass is 9.92. The highest BCUT2D eigenvalue weighted by Gasteiger charge is 2.30. The second-order valence-corrected chi connectivity index (χ2v) is 8.22. The van der Waals surface area contributed by atoms with E-state index < -0.39 is 0 Å². The third kappa shape index (κ3) is 3.44. The molecule has 26 heavy (non-hydrogen) atoms. The van der Waals surface area contributed by atoms with Crippen LogP contribution in [0.25, 0.3) is 0 Å². The van der Waals surface area contributed by atoms with Crippen molar-refractivity contribution in [1.29, 1.82) is 0 Å². The Balaban J connectivity index is 1.58. The number of aromatic nitrogens is 4. The van der Waals surface area contributed by atoms with E-state index in [2.05, 4.69) is 82.2 Å².